The van der Waals surface area contributed by atoms with Crippen molar-refractivity contribution in [3.05, 3.63) is 60.2 Å². The molecule has 1 aliphatic heterocycles. The van der Waals surface area contributed by atoms with Crippen LogP contribution >= 0.6 is 0 Å². The highest BCUT2D eigenvalue weighted by atomic mass is 32.2. The number of methoxy groups -OCH3 is 1. The summed E-state index contributed by atoms with van der Waals surface area (Å²) in [6.07, 6.45) is 0. The molecule has 0 aromatic heterocycles. The van der Waals surface area contributed by atoms with Crippen LogP contribution in [-0.4, -0.2) is 39.5 Å². The maximum atomic E-state index is 13.0. The van der Waals surface area contributed by atoms with Crippen LogP contribution < -0.4 is 4.74 Å². The lowest BCUT2D eigenvalue weighted by Crippen LogP contribution is -2.30. The Hall–Kier alpha value is -1.89. The number of hydrogen-bond acceptors (Lipinski definition) is 5. The Bertz CT molecular complexity index is 759. The molecule has 0 saturated carbocycles. The van der Waals surface area contributed by atoms with Crippen molar-refractivity contribution >= 4 is 9.84 Å². The first-order chi connectivity index (χ1) is 11.0. The van der Waals surface area contributed by atoms with Gasteiger partial charge in [0.05, 0.1) is 24.7 Å². The van der Waals surface area contributed by atoms with E-state index in [1.807, 2.05) is 24.3 Å². The number of sulfone groups is 1. The number of rotatable bonds is 4. The highest BCUT2D eigenvalue weighted by Crippen LogP contribution is 2.36. The van der Waals surface area contributed by atoms with Gasteiger partial charge < -0.3 is 4.74 Å². The molecule has 0 N–H and O–H groups in total. The summed E-state index contributed by atoms with van der Waals surface area (Å²) in [6, 6.07) is 15.6. The molecule has 2 aromatic rings. The lowest BCUT2D eigenvalue weighted by molar-refractivity contribution is -0.110. The molecule has 23 heavy (non-hydrogen) atoms. The number of hydroxylamine groups is 2. The highest BCUT2D eigenvalue weighted by molar-refractivity contribution is 7.92. The van der Waals surface area contributed by atoms with Crippen molar-refractivity contribution in [3.8, 4) is 5.75 Å². The maximum absolute atomic E-state index is 13.0. The Morgan fingerprint density at radius 3 is 2.35 bits per heavy atom. The summed E-state index contributed by atoms with van der Waals surface area (Å²) in [5, 5.41) is 0.968. The first-order valence-corrected chi connectivity index (χ1v) is 8.87. The lowest BCUT2D eigenvalue weighted by atomic mass is 10.0. The van der Waals surface area contributed by atoms with E-state index in [-0.39, 0.29) is 12.6 Å². The standard InChI is InChI=1S/C17H19NO4S/c1-18-17(13-8-10-14(21-2)11-9-13)16(12-22-18)23(19,20)15-6-4-3-5-7-15/h3-11,16-17H,12H2,1-2H3/t16-,17+/m1/s1. The predicted molar refractivity (Wildman–Crippen MR) is 86.9 cm³/mol. The average molecular weight is 333 g/mol. The van der Waals surface area contributed by atoms with Crippen LogP contribution in [0.4, 0.5) is 0 Å². The topological polar surface area (TPSA) is 55.8 Å². The maximum Gasteiger partial charge on any atom is 0.185 e. The Kier molecular flexibility index (Phi) is 4.39. The molecule has 0 radical (unpaired) electrons. The fourth-order valence-electron chi connectivity index (χ4n) is 2.87. The minimum Gasteiger partial charge on any atom is -0.497 e. The van der Waals surface area contributed by atoms with E-state index in [1.165, 1.54) is 0 Å². The first kappa shape index (κ1) is 16.0. The highest BCUT2D eigenvalue weighted by Gasteiger charge is 2.43. The summed E-state index contributed by atoms with van der Waals surface area (Å²) >= 11 is 0. The summed E-state index contributed by atoms with van der Waals surface area (Å²) in [4.78, 5) is 5.84. The van der Waals surface area contributed by atoms with Crippen LogP contribution in [0.15, 0.2) is 59.5 Å². The van der Waals surface area contributed by atoms with Gasteiger partial charge in [0.2, 0.25) is 0 Å². The molecule has 3 rings (SSSR count). The summed E-state index contributed by atoms with van der Waals surface area (Å²) in [7, 11) is -0.124. The molecule has 0 amide bonds. The van der Waals surface area contributed by atoms with E-state index in [9.17, 15) is 8.42 Å². The monoisotopic (exact) mass is 333 g/mol. The molecule has 1 aliphatic rings. The smallest absolute Gasteiger partial charge is 0.185 e. The quantitative estimate of drug-likeness (QED) is 0.860. The second-order valence-corrected chi connectivity index (χ2v) is 7.62. The van der Waals surface area contributed by atoms with E-state index >= 15 is 0 Å². The van der Waals surface area contributed by atoms with Gasteiger partial charge in [0, 0.05) is 7.05 Å². The van der Waals surface area contributed by atoms with Crippen molar-refractivity contribution in [3.63, 3.8) is 0 Å². The molecule has 1 heterocycles. The van der Waals surface area contributed by atoms with E-state index in [1.54, 1.807) is 49.6 Å². The van der Waals surface area contributed by atoms with Gasteiger partial charge in [0.1, 0.15) is 11.0 Å². The third kappa shape index (κ3) is 2.97. The summed E-state index contributed by atoms with van der Waals surface area (Å²) in [5.41, 5.74) is 0.885. The van der Waals surface area contributed by atoms with Gasteiger partial charge in [-0.15, -0.1) is 0 Å². The zero-order valence-electron chi connectivity index (χ0n) is 13.0. The van der Waals surface area contributed by atoms with Crippen molar-refractivity contribution in [2.75, 3.05) is 20.8 Å². The molecular formula is C17H19NO4S. The number of hydrogen-bond donors (Lipinski definition) is 0. The molecule has 0 aliphatic carbocycles. The van der Waals surface area contributed by atoms with Crippen LogP contribution in [0.3, 0.4) is 0 Å². The largest absolute Gasteiger partial charge is 0.497 e. The van der Waals surface area contributed by atoms with Gasteiger partial charge in [0.15, 0.2) is 9.84 Å². The van der Waals surface area contributed by atoms with Crippen molar-refractivity contribution < 1.29 is 18.0 Å². The van der Waals surface area contributed by atoms with Gasteiger partial charge in [0.25, 0.3) is 0 Å². The lowest BCUT2D eigenvalue weighted by Gasteiger charge is -2.23. The van der Waals surface area contributed by atoms with Gasteiger partial charge in [-0.1, -0.05) is 30.3 Å². The average Bonchev–Trinajstić information content (AvgIpc) is 2.98. The summed E-state index contributed by atoms with van der Waals surface area (Å²) in [5.74, 6) is 0.734. The van der Waals surface area contributed by atoms with Gasteiger partial charge in [-0.05, 0) is 29.8 Å². The predicted octanol–water partition coefficient (Wildman–Crippen LogP) is 2.46. The second kappa shape index (κ2) is 6.31. The molecule has 0 unspecified atom stereocenters. The molecule has 0 bridgehead atoms. The van der Waals surface area contributed by atoms with Crippen LogP contribution in [0, 0.1) is 0 Å². The van der Waals surface area contributed by atoms with Crippen molar-refractivity contribution in [1.29, 1.82) is 0 Å². The van der Waals surface area contributed by atoms with Gasteiger partial charge >= 0.3 is 0 Å². The molecule has 6 heteroatoms. The zero-order valence-corrected chi connectivity index (χ0v) is 13.9. The number of benzene rings is 2. The molecule has 2 aromatic carbocycles. The fourth-order valence-corrected chi connectivity index (χ4v) is 4.66. The zero-order chi connectivity index (χ0) is 16.4. The fraction of sp³-hybridized carbons (Fsp3) is 0.294. The van der Waals surface area contributed by atoms with Crippen LogP contribution in [0.25, 0.3) is 0 Å². The normalized spacial score (nSPS) is 22.2. The van der Waals surface area contributed by atoms with Gasteiger partial charge in [-0.3, -0.25) is 4.84 Å². The Labute approximate surface area is 136 Å². The van der Waals surface area contributed by atoms with Crippen molar-refractivity contribution in [2.24, 2.45) is 0 Å². The van der Waals surface area contributed by atoms with Crippen LogP contribution in [0.5, 0.6) is 5.75 Å². The third-order valence-corrected chi connectivity index (χ3v) is 6.23. The minimum atomic E-state index is -3.48. The van der Waals surface area contributed by atoms with E-state index in [0.29, 0.717) is 4.90 Å². The van der Waals surface area contributed by atoms with Gasteiger partial charge in [-0.2, -0.15) is 5.06 Å². The molecule has 1 fully saturated rings. The van der Waals surface area contributed by atoms with Crippen molar-refractivity contribution in [2.45, 2.75) is 16.2 Å². The molecule has 0 spiro atoms. The second-order valence-electron chi connectivity index (χ2n) is 5.46. The SMILES string of the molecule is COc1ccc([C@H]2[C@H](S(=O)(=O)c3ccccc3)CON2C)cc1. The van der Waals surface area contributed by atoms with E-state index in [4.69, 9.17) is 9.57 Å². The first-order valence-electron chi connectivity index (χ1n) is 7.32. The molecule has 122 valence electrons. The Morgan fingerprint density at radius 1 is 1.09 bits per heavy atom. The van der Waals surface area contributed by atoms with E-state index in [0.717, 1.165) is 11.3 Å². The van der Waals surface area contributed by atoms with Crippen molar-refractivity contribution in [1.82, 2.24) is 5.06 Å². The van der Waals surface area contributed by atoms with Crippen LogP contribution in [0.1, 0.15) is 11.6 Å². The molecular weight excluding hydrogens is 314 g/mol. The molecule has 1 saturated heterocycles. The Balaban J connectivity index is 1.98. The van der Waals surface area contributed by atoms with E-state index in [2.05, 4.69) is 0 Å². The third-order valence-electron chi connectivity index (χ3n) is 4.11. The molecule has 5 nitrogen and oxygen atoms in total. The molecule has 2 atom stereocenters. The number of nitrogens with zero attached hydrogens (tertiary/aromatic N) is 1. The van der Waals surface area contributed by atoms with E-state index < -0.39 is 15.1 Å². The van der Waals surface area contributed by atoms with Crippen LogP contribution in [0.2, 0.25) is 0 Å². The summed E-state index contributed by atoms with van der Waals surface area (Å²) < 4.78 is 31.1. The summed E-state index contributed by atoms with van der Waals surface area (Å²) in [6.45, 7) is 0.143. The minimum absolute atomic E-state index is 0.143. The Morgan fingerprint density at radius 2 is 1.74 bits per heavy atom. The van der Waals surface area contributed by atoms with Crippen LogP contribution in [-0.2, 0) is 14.7 Å². The van der Waals surface area contributed by atoms with Gasteiger partial charge in [-0.25, -0.2) is 8.42 Å². The number of ether oxygens (including phenoxy) is 1.